The number of rotatable bonds is 7. The molecular formula is C14H18N2O2S2. The van der Waals surface area contributed by atoms with E-state index in [4.69, 9.17) is 4.74 Å². The van der Waals surface area contributed by atoms with Crippen LogP contribution in [0.15, 0.2) is 28.6 Å². The summed E-state index contributed by atoms with van der Waals surface area (Å²) in [6, 6.07) is 7.77. The summed E-state index contributed by atoms with van der Waals surface area (Å²) in [6.07, 6.45) is 0. The number of aromatic nitrogens is 1. The minimum absolute atomic E-state index is 0.192. The van der Waals surface area contributed by atoms with Gasteiger partial charge >= 0.3 is 5.97 Å². The number of esters is 1. The highest BCUT2D eigenvalue weighted by atomic mass is 32.2. The summed E-state index contributed by atoms with van der Waals surface area (Å²) >= 11 is 3.25. The van der Waals surface area contributed by atoms with Crippen LogP contribution >= 0.6 is 23.1 Å². The third-order valence-corrected chi connectivity index (χ3v) is 4.94. The van der Waals surface area contributed by atoms with Gasteiger partial charge in [0.15, 0.2) is 4.34 Å². The lowest BCUT2D eigenvalue weighted by atomic mass is 10.3. The van der Waals surface area contributed by atoms with E-state index >= 15 is 0 Å². The number of nitrogens with zero attached hydrogens (tertiary/aromatic N) is 1. The summed E-state index contributed by atoms with van der Waals surface area (Å²) in [5.74, 6) is 0.440. The molecule has 1 aromatic heterocycles. The number of hydrogen-bond acceptors (Lipinski definition) is 6. The van der Waals surface area contributed by atoms with Crippen molar-refractivity contribution in [3.63, 3.8) is 0 Å². The van der Waals surface area contributed by atoms with Crippen molar-refractivity contribution < 1.29 is 9.53 Å². The van der Waals surface area contributed by atoms with Crippen LogP contribution < -0.4 is 5.32 Å². The lowest BCUT2D eigenvalue weighted by Crippen LogP contribution is -2.40. The predicted molar refractivity (Wildman–Crippen MR) is 84.4 cm³/mol. The summed E-state index contributed by atoms with van der Waals surface area (Å²) in [7, 11) is 0. The van der Waals surface area contributed by atoms with E-state index in [2.05, 4.69) is 16.4 Å². The minimum atomic E-state index is -0.281. The summed E-state index contributed by atoms with van der Waals surface area (Å²) in [5, 5.41) is 3.15. The van der Waals surface area contributed by atoms with E-state index < -0.39 is 0 Å². The first-order chi connectivity index (χ1) is 9.74. The number of carbonyl (C=O) groups is 1. The smallest absolute Gasteiger partial charge is 0.323 e. The van der Waals surface area contributed by atoms with Crippen LogP contribution in [0.4, 0.5) is 0 Å². The number of thioether (sulfide) groups is 1. The SMILES string of the molecule is CCNC(CSc1nc2ccccc2s1)C(=O)OCC. The van der Waals surface area contributed by atoms with Gasteiger partial charge in [-0.3, -0.25) is 4.79 Å². The molecule has 0 aliphatic heterocycles. The molecule has 0 aliphatic rings. The number of fused-ring (bicyclic) bond motifs is 1. The molecule has 0 bridgehead atoms. The number of likely N-dealkylation sites (N-methyl/N-ethyl adjacent to an activating group) is 1. The second-order valence-corrected chi connectivity index (χ2v) is 6.42. The Morgan fingerprint density at radius 1 is 1.45 bits per heavy atom. The number of carbonyl (C=O) groups excluding carboxylic acids is 1. The fraction of sp³-hybridized carbons (Fsp3) is 0.429. The highest BCUT2D eigenvalue weighted by molar-refractivity contribution is 8.01. The van der Waals surface area contributed by atoms with Crippen LogP contribution in [0, 0.1) is 0 Å². The Morgan fingerprint density at radius 2 is 2.25 bits per heavy atom. The van der Waals surface area contributed by atoms with Gasteiger partial charge in [-0.15, -0.1) is 11.3 Å². The molecule has 0 radical (unpaired) electrons. The van der Waals surface area contributed by atoms with Crippen LogP contribution in [0.2, 0.25) is 0 Å². The van der Waals surface area contributed by atoms with Crippen LogP contribution in [0.25, 0.3) is 10.2 Å². The molecule has 6 heteroatoms. The van der Waals surface area contributed by atoms with E-state index in [1.807, 2.05) is 32.0 Å². The number of hydrogen-bond donors (Lipinski definition) is 1. The molecule has 0 saturated carbocycles. The molecule has 108 valence electrons. The molecule has 1 unspecified atom stereocenters. The number of nitrogens with one attached hydrogen (secondary N) is 1. The number of ether oxygens (including phenoxy) is 1. The monoisotopic (exact) mass is 310 g/mol. The first-order valence-corrected chi connectivity index (χ1v) is 8.43. The standard InChI is InChI=1S/C14H18N2O2S2/c1-3-15-11(13(17)18-4-2)9-19-14-16-10-7-5-6-8-12(10)20-14/h5-8,11,15H,3-4,9H2,1-2H3. The van der Waals surface area contributed by atoms with E-state index in [-0.39, 0.29) is 12.0 Å². The van der Waals surface area contributed by atoms with Gasteiger partial charge in [-0.25, -0.2) is 4.98 Å². The molecule has 2 aromatic rings. The highest BCUT2D eigenvalue weighted by Gasteiger charge is 2.19. The van der Waals surface area contributed by atoms with E-state index in [1.165, 1.54) is 4.70 Å². The number of benzene rings is 1. The lowest BCUT2D eigenvalue weighted by Gasteiger charge is -2.14. The summed E-state index contributed by atoms with van der Waals surface area (Å²) in [6.45, 7) is 4.95. The third-order valence-electron chi connectivity index (χ3n) is 2.67. The summed E-state index contributed by atoms with van der Waals surface area (Å²) in [4.78, 5) is 16.4. The zero-order chi connectivity index (χ0) is 14.4. The van der Waals surface area contributed by atoms with Crippen molar-refractivity contribution in [2.75, 3.05) is 18.9 Å². The maximum Gasteiger partial charge on any atom is 0.323 e. The zero-order valence-electron chi connectivity index (χ0n) is 11.6. The van der Waals surface area contributed by atoms with Crippen molar-refractivity contribution in [1.29, 1.82) is 0 Å². The molecule has 1 N–H and O–H groups in total. The van der Waals surface area contributed by atoms with E-state index in [9.17, 15) is 4.79 Å². The Balaban J connectivity index is 1.99. The second-order valence-electron chi connectivity index (χ2n) is 4.12. The lowest BCUT2D eigenvalue weighted by molar-refractivity contribution is -0.144. The van der Waals surface area contributed by atoms with E-state index in [0.29, 0.717) is 12.4 Å². The predicted octanol–water partition coefficient (Wildman–Crippen LogP) is 2.93. The molecule has 0 aliphatic carbocycles. The van der Waals surface area contributed by atoms with Crippen LogP contribution in [0.5, 0.6) is 0 Å². The van der Waals surface area contributed by atoms with E-state index in [1.54, 1.807) is 23.1 Å². The van der Waals surface area contributed by atoms with Gasteiger partial charge in [-0.05, 0) is 25.6 Å². The molecule has 20 heavy (non-hydrogen) atoms. The Hall–Kier alpha value is -1.11. The van der Waals surface area contributed by atoms with Crippen LogP contribution in [-0.2, 0) is 9.53 Å². The zero-order valence-corrected chi connectivity index (χ0v) is 13.2. The van der Waals surface area contributed by atoms with Gasteiger partial charge in [0, 0.05) is 5.75 Å². The van der Waals surface area contributed by atoms with Crippen LogP contribution in [-0.4, -0.2) is 35.9 Å². The van der Waals surface area contributed by atoms with Gasteiger partial charge in [0.2, 0.25) is 0 Å². The number of para-hydroxylation sites is 1. The fourth-order valence-corrected chi connectivity index (χ4v) is 3.90. The molecule has 0 amide bonds. The second kappa shape index (κ2) is 7.61. The van der Waals surface area contributed by atoms with Crippen molar-refractivity contribution >= 4 is 39.3 Å². The highest BCUT2D eigenvalue weighted by Crippen LogP contribution is 2.29. The maximum atomic E-state index is 11.8. The Kier molecular flexibility index (Phi) is 5.82. The van der Waals surface area contributed by atoms with Crippen molar-refractivity contribution in [2.45, 2.75) is 24.2 Å². The average Bonchev–Trinajstić information content (AvgIpc) is 2.86. The first-order valence-electron chi connectivity index (χ1n) is 6.63. The first kappa shape index (κ1) is 15.3. The molecular weight excluding hydrogens is 292 g/mol. The fourth-order valence-electron chi connectivity index (χ4n) is 1.77. The van der Waals surface area contributed by atoms with E-state index in [0.717, 1.165) is 16.4 Å². The Morgan fingerprint density at radius 3 is 2.95 bits per heavy atom. The molecule has 0 spiro atoms. The van der Waals surface area contributed by atoms with Crippen molar-refractivity contribution in [3.05, 3.63) is 24.3 Å². The Bertz CT molecular complexity index is 538. The molecule has 0 fully saturated rings. The van der Waals surface area contributed by atoms with Crippen molar-refractivity contribution in [3.8, 4) is 0 Å². The third kappa shape index (κ3) is 3.94. The molecule has 0 saturated heterocycles. The molecule has 1 heterocycles. The van der Waals surface area contributed by atoms with Gasteiger partial charge in [0.05, 0.1) is 16.8 Å². The molecule has 1 atom stereocenters. The summed E-state index contributed by atoms with van der Waals surface area (Å²) < 4.78 is 7.23. The van der Waals surface area contributed by atoms with Gasteiger partial charge in [-0.1, -0.05) is 30.8 Å². The molecule has 2 rings (SSSR count). The van der Waals surface area contributed by atoms with Crippen LogP contribution in [0.3, 0.4) is 0 Å². The topological polar surface area (TPSA) is 51.2 Å². The molecule has 1 aromatic carbocycles. The van der Waals surface area contributed by atoms with Gasteiger partial charge in [0.25, 0.3) is 0 Å². The maximum absolute atomic E-state index is 11.8. The largest absolute Gasteiger partial charge is 0.465 e. The number of thiazole rings is 1. The van der Waals surface area contributed by atoms with Crippen LogP contribution in [0.1, 0.15) is 13.8 Å². The minimum Gasteiger partial charge on any atom is -0.465 e. The quantitative estimate of drug-likeness (QED) is 0.629. The van der Waals surface area contributed by atoms with Gasteiger partial charge < -0.3 is 10.1 Å². The van der Waals surface area contributed by atoms with Gasteiger partial charge in [-0.2, -0.15) is 0 Å². The normalized spacial score (nSPS) is 12.5. The van der Waals surface area contributed by atoms with Crippen molar-refractivity contribution in [1.82, 2.24) is 10.3 Å². The van der Waals surface area contributed by atoms with Crippen molar-refractivity contribution in [2.24, 2.45) is 0 Å². The summed E-state index contributed by atoms with van der Waals surface area (Å²) in [5.41, 5.74) is 1.01. The molecule has 4 nitrogen and oxygen atoms in total. The van der Waals surface area contributed by atoms with Gasteiger partial charge in [0.1, 0.15) is 6.04 Å². The average molecular weight is 310 g/mol. The Labute approximate surface area is 126 Å².